The van der Waals surface area contributed by atoms with E-state index >= 15 is 0 Å². The molecule has 0 amide bonds. The molecule has 1 aliphatic heterocycles. The summed E-state index contributed by atoms with van der Waals surface area (Å²) in [7, 11) is 0. The fourth-order valence-corrected chi connectivity index (χ4v) is 4.41. The minimum Gasteiger partial charge on any atom is -0.481 e. The SMILES string of the molecule is Cc1nc2ccc(-c3cnc(N4CCC(C(=O)O)C4)nc3)cn2c1Cc1ccccc1OC(F)F. The first-order valence-corrected chi connectivity index (χ1v) is 11.2. The first-order valence-electron chi connectivity index (χ1n) is 11.2. The Hall–Kier alpha value is -4.08. The molecule has 0 bridgehead atoms. The van der Waals surface area contributed by atoms with Gasteiger partial charge in [0.1, 0.15) is 11.4 Å². The number of carbonyl (C=O) groups is 1. The molecule has 8 nitrogen and oxygen atoms in total. The summed E-state index contributed by atoms with van der Waals surface area (Å²) in [5, 5.41) is 9.21. The van der Waals surface area contributed by atoms with Crippen LogP contribution in [0.2, 0.25) is 0 Å². The van der Waals surface area contributed by atoms with Crippen LogP contribution in [-0.4, -0.2) is 50.1 Å². The largest absolute Gasteiger partial charge is 0.481 e. The standard InChI is InChI=1S/C25H23F2N5O3/c1-15-20(10-16-4-2-3-5-21(16)35-24(26)27)32-14-17(6-7-22(32)30-15)19-11-28-25(29-12-19)31-9-8-18(13-31)23(33)34/h2-7,11-12,14,18,24H,8-10,13H2,1H3,(H,33,34). The van der Waals surface area contributed by atoms with Gasteiger partial charge >= 0.3 is 12.6 Å². The van der Waals surface area contributed by atoms with E-state index in [0.717, 1.165) is 28.2 Å². The molecule has 35 heavy (non-hydrogen) atoms. The Labute approximate surface area is 199 Å². The molecule has 1 saturated heterocycles. The van der Waals surface area contributed by atoms with Crippen LogP contribution in [0.25, 0.3) is 16.8 Å². The Bertz CT molecular complexity index is 1370. The quantitative estimate of drug-likeness (QED) is 0.425. The average molecular weight is 479 g/mol. The summed E-state index contributed by atoms with van der Waals surface area (Å²) in [5.74, 6) is -0.551. The van der Waals surface area contributed by atoms with Gasteiger partial charge in [0.05, 0.1) is 11.6 Å². The van der Waals surface area contributed by atoms with Crippen LogP contribution in [0.15, 0.2) is 55.0 Å². The second-order valence-corrected chi connectivity index (χ2v) is 8.49. The summed E-state index contributed by atoms with van der Waals surface area (Å²) in [6, 6.07) is 10.6. The van der Waals surface area contributed by atoms with E-state index in [1.807, 2.05) is 34.6 Å². The maximum atomic E-state index is 12.9. The molecule has 1 aliphatic rings. The lowest BCUT2D eigenvalue weighted by Gasteiger charge is -2.15. The molecule has 1 unspecified atom stereocenters. The number of para-hydroxylation sites is 1. The Morgan fingerprint density at radius 3 is 2.66 bits per heavy atom. The average Bonchev–Trinajstić information content (AvgIpc) is 3.45. The maximum absolute atomic E-state index is 12.9. The number of imidazole rings is 1. The van der Waals surface area contributed by atoms with Crippen LogP contribution >= 0.6 is 0 Å². The smallest absolute Gasteiger partial charge is 0.387 e. The van der Waals surface area contributed by atoms with Crippen molar-refractivity contribution in [1.82, 2.24) is 19.4 Å². The van der Waals surface area contributed by atoms with E-state index in [1.54, 1.807) is 30.6 Å². The fraction of sp³-hybridized carbons (Fsp3) is 0.280. The van der Waals surface area contributed by atoms with Gasteiger partial charge in [0.25, 0.3) is 0 Å². The Balaban J connectivity index is 1.43. The van der Waals surface area contributed by atoms with Gasteiger partial charge in [-0.25, -0.2) is 15.0 Å². The Morgan fingerprint density at radius 1 is 1.17 bits per heavy atom. The second kappa shape index (κ2) is 9.28. The summed E-state index contributed by atoms with van der Waals surface area (Å²) >= 11 is 0. The number of carboxylic acid groups (broad SMARTS) is 1. The molecular weight excluding hydrogens is 456 g/mol. The van der Waals surface area contributed by atoms with E-state index in [-0.39, 0.29) is 5.75 Å². The van der Waals surface area contributed by atoms with Crippen molar-refractivity contribution in [3.05, 3.63) is 71.9 Å². The number of alkyl halides is 2. The lowest BCUT2D eigenvalue weighted by molar-refractivity contribution is -0.140. The highest BCUT2D eigenvalue weighted by molar-refractivity contribution is 5.71. The van der Waals surface area contributed by atoms with Gasteiger partial charge in [0.15, 0.2) is 0 Å². The monoisotopic (exact) mass is 479 g/mol. The highest BCUT2D eigenvalue weighted by Gasteiger charge is 2.29. The van der Waals surface area contributed by atoms with Crippen molar-refractivity contribution < 1.29 is 23.4 Å². The topological polar surface area (TPSA) is 92.9 Å². The number of halogens is 2. The van der Waals surface area contributed by atoms with E-state index < -0.39 is 18.5 Å². The van der Waals surface area contributed by atoms with Crippen molar-refractivity contribution in [1.29, 1.82) is 0 Å². The van der Waals surface area contributed by atoms with E-state index in [2.05, 4.69) is 15.0 Å². The fourth-order valence-electron chi connectivity index (χ4n) is 4.41. The molecule has 1 fully saturated rings. The summed E-state index contributed by atoms with van der Waals surface area (Å²) in [6.45, 7) is -0.00699. The van der Waals surface area contributed by atoms with Crippen molar-refractivity contribution in [2.45, 2.75) is 26.4 Å². The number of ether oxygens (including phenoxy) is 1. The minimum atomic E-state index is -2.90. The lowest BCUT2D eigenvalue weighted by Crippen LogP contribution is -2.24. The first kappa shape index (κ1) is 22.7. The summed E-state index contributed by atoms with van der Waals surface area (Å²) in [5.41, 5.74) is 4.70. The van der Waals surface area contributed by atoms with Gasteiger partial charge in [0, 0.05) is 60.5 Å². The molecule has 1 N–H and O–H groups in total. The Morgan fingerprint density at radius 2 is 1.94 bits per heavy atom. The normalized spacial score (nSPS) is 15.8. The number of benzene rings is 1. The van der Waals surface area contributed by atoms with Gasteiger partial charge in [-0.3, -0.25) is 4.79 Å². The van der Waals surface area contributed by atoms with Gasteiger partial charge in [-0.05, 0) is 31.5 Å². The zero-order chi connectivity index (χ0) is 24.5. The van der Waals surface area contributed by atoms with Gasteiger partial charge < -0.3 is 19.1 Å². The molecule has 10 heteroatoms. The number of pyridine rings is 1. The van der Waals surface area contributed by atoms with Crippen LogP contribution in [0, 0.1) is 12.8 Å². The molecule has 180 valence electrons. The summed E-state index contributed by atoms with van der Waals surface area (Å²) < 4.78 is 32.3. The summed E-state index contributed by atoms with van der Waals surface area (Å²) in [4.78, 5) is 26.6. The number of rotatable bonds is 7. The molecule has 1 aromatic carbocycles. The van der Waals surface area contributed by atoms with Crippen LogP contribution in [0.1, 0.15) is 23.4 Å². The predicted octanol–water partition coefficient (Wildman–Crippen LogP) is 4.20. The zero-order valence-electron chi connectivity index (χ0n) is 18.9. The number of hydrogen-bond donors (Lipinski definition) is 1. The third-order valence-electron chi connectivity index (χ3n) is 6.26. The molecule has 4 heterocycles. The van der Waals surface area contributed by atoms with Crippen molar-refractivity contribution in [3.63, 3.8) is 0 Å². The van der Waals surface area contributed by atoms with Crippen molar-refractivity contribution in [3.8, 4) is 16.9 Å². The lowest BCUT2D eigenvalue weighted by atomic mass is 10.1. The molecule has 4 aromatic rings. The number of aryl methyl sites for hydroxylation is 1. The summed E-state index contributed by atoms with van der Waals surface area (Å²) in [6.07, 6.45) is 6.30. The van der Waals surface area contributed by atoms with Crippen LogP contribution in [0.3, 0.4) is 0 Å². The van der Waals surface area contributed by atoms with Gasteiger partial charge in [-0.2, -0.15) is 8.78 Å². The zero-order valence-corrected chi connectivity index (χ0v) is 18.9. The number of aliphatic carboxylic acids is 1. The van der Waals surface area contributed by atoms with Crippen molar-refractivity contribution in [2.24, 2.45) is 5.92 Å². The third-order valence-corrected chi connectivity index (χ3v) is 6.26. The highest BCUT2D eigenvalue weighted by atomic mass is 19.3. The van der Waals surface area contributed by atoms with Crippen LogP contribution < -0.4 is 9.64 Å². The van der Waals surface area contributed by atoms with E-state index in [0.29, 0.717) is 37.4 Å². The number of carboxylic acids is 1. The van der Waals surface area contributed by atoms with E-state index in [9.17, 15) is 18.7 Å². The second-order valence-electron chi connectivity index (χ2n) is 8.49. The minimum absolute atomic E-state index is 0.143. The molecule has 0 spiro atoms. The molecule has 0 aliphatic carbocycles. The van der Waals surface area contributed by atoms with E-state index in [4.69, 9.17) is 4.74 Å². The van der Waals surface area contributed by atoms with Crippen LogP contribution in [0.4, 0.5) is 14.7 Å². The molecule has 3 aromatic heterocycles. The highest BCUT2D eigenvalue weighted by Crippen LogP contribution is 2.27. The maximum Gasteiger partial charge on any atom is 0.387 e. The predicted molar refractivity (Wildman–Crippen MR) is 125 cm³/mol. The number of hydrogen-bond acceptors (Lipinski definition) is 6. The Kier molecular flexibility index (Phi) is 6.02. The number of anilines is 1. The molecule has 0 radical (unpaired) electrons. The first-order chi connectivity index (χ1) is 16.9. The molecule has 0 saturated carbocycles. The molecule has 1 atom stereocenters. The van der Waals surface area contributed by atoms with Crippen molar-refractivity contribution in [2.75, 3.05) is 18.0 Å². The van der Waals surface area contributed by atoms with Gasteiger partial charge in [0.2, 0.25) is 5.95 Å². The number of aromatic nitrogens is 4. The van der Waals surface area contributed by atoms with E-state index in [1.165, 1.54) is 6.07 Å². The van der Waals surface area contributed by atoms with Gasteiger partial charge in [-0.15, -0.1) is 0 Å². The van der Waals surface area contributed by atoms with Crippen LogP contribution in [-0.2, 0) is 11.2 Å². The number of nitrogens with zero attached hydrogens (tertiary/aromatic N) is 5. The van der Waals surface area contributed by atoms with Crippen LogP contribution in [0.5, 0.6) is 5.75 Å². The number of fused-ring (bicyclic) bond motifs is 1. The van der Waals surface area contributed by atoms with Gasteiger partial charge in [-0.1, -0.05) is 18.2 Å². The molecule has 5 rings (SSSR count). The van der Waals surface area contributed by atoms with Crippen molar-refractivity contribution >= 4 is 17.6 Å². The molecular formula is C25H23F2N5O3. The third kappa shape index (κ3) is 4.64.